The summed E-state index contributed by atoms with van der Waals surface area (Å²) in [6.07, 6.45) is 6.26. The predicted molar refractivity (Wildman–Crippen MR) is 77.2 cm³/mol. The summed E-state index contributed by atoms with van der Waals surface area (Å²) >= 11 is 0. The summed E-state index contributed by atoms with van der Waals surface area (Å²) in [5, 5.41) is 3.04. The number of unbranched alkanes of at least 4 members (excludes halogenated alkanes) is 2. The third-order valence-corrected chi connectivity index (χ3v) is 3.30. The van der Waals surface area contributed by atoms with Gasteiger partial charge in [0.05, 0.1) is 17.4 Å². The fourth-order valence-corrected chi connectivity index (χ4v) is 2.16. The van der Waals surface area contributed by atoms with E-state index in [0.717, 1.165) is 23.9 Å². The number of hydrogen-bond donors (Lipinski definition) is 2. The van der Waals surface area contributed by atoms with Crippen LogP contribution in [-0.2, 0) is 0 Å². The Morgan fingerprint density at radius 3 is 3.05 bits per heavy atom. The molecule has 102 valence electrons. The second-order valence-electron chi connectivity index (χ2n) is 5.00. The van der Waals surface area contributed by atoms with Gasteiger partial charge in [0.2, 0.25) is 0 Å². The second kappa shape index (κ2) is 6.36. The predicted octanol–water partition coefficient (Wildman–Crippen LogP) is 3.26. The number of hydrogen-bond acceptors (Lipinski definition) is 2. The maximum absolute atomic E-state index is 12.1. The molecule has 0 aliphatic carbocycles. The molecule has 0 aliphatic rings. The Kier molecular flexibility index (Phi) is 4.55. The first-order valence-corrected chi connectivity index (χ1v) is 6.94. The van der Waals surface area contributed by atoms with Gasteiger partial charge in [-0.15, -0.1) is 0 Å². The molecule has 19 heavy (non-hydrogen) atoms. The van der Waals surface area contributed by atoms with Crippen LogP contribution in [0, 0.1) is 0 Å². The van der Waals surface area contributed by atoms with Gasteiger partial charge in [0.1, 0.15) is 0 Å². The van der Waals surface area contributed by atoms with Crippen LogP contribution >= 0.6 is 0 Å². The van der Waals surface area contributed by atoms with Crippen LogP contribution in [-0.4, -0.2) is 21.9 Å². The lowest BCUT2D eigenvalue weighted by molar-refractivity contribution is 0.0938. The van der Waals surface area contributed by atoms with E-state index in [1.807, 2.05) is 18.2 Å². The number of nitrogens with one attached hydrogen (secondary N) is 2. The zero-order valence-corrected chi connectivity index (χ0v) is 11.6. The molecular formula is C15H21N3O. The van der Waals surface area contributed by atoms with Gasteiger partial charge in [-0.05, 0) is 31.5 Å². The molecule has 2 aromatic rings. The van der Waals surface area contributed by atoms with Gasteiger partial charge in [0.25, 0.3) is 5.91 Å². The molecule has 0 saturated carbocycles. The van der Waals surface area contributed by atoms with Crippen molar-refractivity contribution in [3.63, 3.8) is 0 Å². The normalized spacial score (nSPS) is 12.5. The lowest BCUT2D eigenvalue weighted by Crippen LogP contribution is -2.32. The number of aromatic amines is 1. The summed E-state index contributed by atoms with van der Waals surface area (Å²) in [7, 11) is 0. The first kappa shape index (κ1) is 13.6. The van der Waals surface area contributed by atoms with Crippen molar-refractivity contribution in [2.45, 2.75) is 45.6 Å². The van der Waals surface area contributed by atoms with Crippen LogP contribution < -0.4 is 5.32 Å². The maximum Gasteiger partial charge on any atom is 0.251 e. The van der Waals surface area contributed by atoms with Gasteiger partial charge in [-0.1, -0.05) is 26.2 Å². The standard InChI is InChI=1S/C15H21N3O/c1-3-4-5-6-11(2)18-15(19)12-7-8-13-14(9-12)17-10-16-13/h7-11H,3-6H2,1-2H3,(H,16,17)(H,18,19). The number of carbonyl (C=O) groups is 1. The average molecular weight is 259 g/mol. The number of H-pyrrole nitrogens is 1. The highest BCUT2D eigenvalue weighted by atomic mass is 16.1. The fraction of sp³-hybridized carbons (Fsp3) is 0.467. The summed E-state index contributed by atoms with van der Waals surface area (Å²) in [5.74, 6) is -0.0134. The van der Waals surface area contributed by atoms with E-state index in [0.29, 0.717) is 5.56 Å². The van der Waals surface area contributed by atoms with E-state index in [-0.39, 0.29) is 11.9 Å². The third kappa shape index (κ3) is 3.56. The maximum atomic E-state index is 12.1. The second-order valence-corrected chi connectivity index (χ2v) is 5.00. The van der Waals surface area contributed by atoms with Crippen LogP contribution in [0.15, 0.2) is 24.5 Å². The Morgan fingerprint density at radius 1 is 1.42 bits per heavy atom. The molecule has 0 saturated heterocycles. The number of carbonyl (C=O) groups excluding carboxylic acids is 1. The fourth-order valence-electron chi connectivity index (χ4n) is 2.16. The van der Waals surface area contributed by atoms with Crippen LogP contribution in [0.1, 0.15) is 49.9 Å². The minimum absolute atomic E-state index is 0.0134. The number of benzene rings is 1. The van der Waals surface area contributed by atoms with Crippen molar-refractivity contribution >= 4 is 16.9 Å². The third-order valence-electron chi connectivity index (χ3n) is 3.30. The molecule has 0 aliphatic heterocycles. The number of aromatic nitrogens is 2. The van der Waals surface area contributed by atoms with E-state index in [1.54, 1.807) is 6.33 Å². The molecule has 0 fully saturated rings. The monoisotopic (exact) mass is 259 g/mol. The van der Waals surface area contributed by atoms with Crippen molar-refractivity contribution in [3.05, 3.63) is 30.1 Å². The number of rotatable bonds is 6. The summed E-state index contributed by atoms with van der Waals surface area (Å²) in [6.45, 7) is 4.24. The number of amides is 1. The lowest BCUT2D eigenvalue weighted by Gasteiger charge is -2.13. The zero-order chi connectivity index (χ0) is 13.7. The highest BCUT2D eigenvalue weighted by Crippen LogP contribution is 2.12. The van der Waals surface area contributed by atoms with Crippen molar-refractivity contribution in [1.29, 1.82) is 0 Å². The minimum Gasteiger partial charge on any atom is -0.350 e. The smallest absolute Gasteiger partial charge is 0.251 e. The van der Waals surface area contributed by atoms with Gasteiger partial charge in [-0.25, -0.2) is 4.98 Å². The molecular weight excluding hydrogens is 238 g/mol. The Labute approximate surface area is 113 Å². The zero-order valence-electron chi connectivity index (χ0n) is 11.6. The lowest BCUT2D eigenvalue weighted by atomic mass is 10.1. The number of nitrogens with zero attached hydrogens (tertiary/aromatic N) is 1. The molecule has 2 rings (SSSR count). The molecule has 1 amide bonds. The topological polar surface area (TPSA) is 57.8 Å². The SMILES string of the molecule is CCCCCC(C)NC(=O)c1ccc2nc[nH]c2c1. The molecule has 1 aromatic carbocycles. The van der Waals surface area contributed by atoms with Crippen molar-refractivity contribution in [2.75, 3.05) is 0 Å². The van der Waals surface area contributed by atoms with E-state index in [2.05, 4.69) is 29.1 Å². The van der Waals surface area contributed by atoms with E-state index in [1.165, 1.54) is 12.8 Å². The Morgan fingerprint density at radius 2 is 2.26 bits per heavy atom. The average Bonchev–Trinajstić information content (AvgIpc) is 2.86. The van der Waals surface area contributed by atoms with E-state index >= 15 is 0 Å². The molecule has 1 heterocycles. The van der Waals surface area contributed by atoms with Gasteiger partial charge in [0.15, 0.2) is 0 Å². The summed E-state index contributed by atoms with van der Waals surface area (Å²) in [5.41, 5.74) is 2.46. The molecule has 2 N–H and O–H groups in total. The van der Waals surface area contributed by atoms with Crippen molar-refractivity contribution in [1.82, 2.24) is 15.3 Å². The Bertz CT molecular complexity index is 547. The summed E-state index contributed by atoms with van der Waals surface area (Å²) < 4.78 is 0. The van der Waals surface area contributed by atoms with Crippen LogP contribution in [0.25, 0.3) is 11.0 Å². The van der Waals surface area contributed by atoms with Crippen molar-refractivity contribution in [3.8, 4) is 0 Å². The molecule has 1 aromatic heterocycles. The highest BCUT2D eigenvalue weighted by molar-refractivity contribution is 5.97. The van der Waals surface area contributed by atoms with Gasteiger partial charge >= 0.3 is 0 Å². The van der Waals surface area contributed by atoms with Crippen molar-refractivity contribution in [2.24, 2.45) is 0 Å². The summed E-state index contributed by atoms with van der Waals surface area (Å²) in [6, 6.07) is 5.74. The highest BCUT2D eigenvalue weighted by Gasteiger charge is 2.10. The molecule has 0 spiro atoms. The van der Waals surface area contributed by atoms with Crippen LogP contribution in [0.3, 0.4) is 0 Å². The van der Waals surface area contributed by atoms with Crippen molar-refractivity contribution < 1.29 is 4.79 Å². The quantitative estimate of drug-likeness (QED) is 0.782. The van der Waals surface area contributed by atoms with Crippen LogP contribution in [0.4, 0.5) is 0 Å². The van der Waals surface area contributed by atoms with Gasteiger partial charge in [-0.2, -0.15) is 0 Å². The van der Waals surface area contributed by atoms with E-state index < -0.39 is 0 Å². The Balaban J connectivity index is 1.95. The molecule has 0 bridgehead atoms. The summed E-state index contributed by atoms with van der Waals surface area (Å²) in [4.78, 5) is 19.3. The largest absolute Gasteiger partial charge is 0.350 e. The first-order valence-electron chi connectivity index (χ1n) is 6.94. The van der Waals surface area contributed by atoms with Gasteiger partial charge < -0.3 is 10.3 Å². The first-order chi connectivity index (χ1) is 9.20. The molecule has 1 unspecified atom stereocenters. The van der Waals surface area contributed by atoms with Gasteiger partial charge in [-0.3, -0.25) is 4.79 Å². The minimum atomic E-state index is -0.0134. The van der Waals surface area contributed by atoms with Crippen LogP contribution in [0.5, 0.6) is 0 Å². The number of imidazole rings is 1. The van der Waals surface area contributed by atoms with Gasteiger partial charge in [0, 0.05) is 11.6 Å². The molecule has 0 radical (unpaired) electrons. The van der Waals surface area contributed by atoms with E-state index in [4.69, 9.17) is 0 Å². The molecule has 4 heteroatoms. The molecule has 4 nitrogen and oxygen atoms in total. The van der Waals surface area contributed by atoms with E-state index in [9.17, 15) is 4.79 Å². The Hall–Kier alpha value is -1.84. The molecule has 1 atom stereocenters. The number of fused-ring (bicyclic) bond motifs is 1. The van der Waals surface area contributed by atoms with Crippen LogP contribution in [0.2, 0.25) is 0 Å².